The summed E-state index contributed by atoms with van der Waals surface area (Å²) >= 11 is 1.61. The van der Waals surface area contributed by atoms with Crippen molar-refractivity contribution in [3.63, 3.8) is 0 Å². The zero-order chi connectivity index (χ0) is 20.3. The van der Waals surface area contributed by atoms with Crippen LogP contribution in [0.3, 0.4) is 0 Å². The monoisotopic (exact) mass is 433 g/mol. The number of amides is 1. The first-order valence-corrected chi connectivity index (χ1v) is 12.8. The van der Waals surface area contributed by atoms with Crippen LogP contribution in [0.4, 0.5) is 0 Å². The molecule has 1 aliphatic carbocycles. The molecule has 1 atom stereocenters. The molecule has 1 fully saturated rings. The highest BCUT2D eigenvalue weighted by molar-refractivity contribution is 7.91. The SMILES string of the molecule is O=C(CCS(=O)(=O)c1ccc2c(c1)CCC2)N(Cc1cccs1)CC1CCCO1. The Morgan fingerprint density at radius 2 is 2.03 bits per heavy atom. The highest BCUT2D eigenvalue weighted by atomic mass is 32.2. The van der Waals surface area contributed by atoms with E-state index < -0.39 is 9.84 Å². The molecule has 0 saturated carbocycles. The number of carbonyl (C=O) groups is 1. The van der Waals surface area contributed by atoms with Crippen molar-refractivity contribution in [1.82, 2.24) is 4.90 Å². The van der Waals surface area contributed by atoms with Gasteiger partial charge < -0.3 is 9.64 Å². The predicted molar refractivity (Wildman–Crippen MR) is 114 cm³/mol. The van der Waals surface area contributed by atoms with Crippen LogP contribution in [0.15, 0.2) is 40.6 Å². The summed E-state index contributed by atoms with van der Waals surface area (Å²) in [5.74, 6) is -0.282. The number of thiophene rings is 1. The highest BCUT2D eigenvalue weighted by Crippen LogP contribution is 2.26. The lowest BCUT2D eigenvalue weighted by Gasteiger charge is -2.25. The topological polar surface area (TPSA) is 63.7 Å². The van der Waals surface area contributed by atoms with Crippen molar-refractivity contribution < 1.29 is 17.9 Å². The second kappa shape index (κ2) is 8.98. The number of rotatable bonds is 8. The van der Waals surface area contributed by atoms with Crippen molar-refractivity contribution in [3.8, 4) is 0 Å². The van der Waals surface area contributed by atoms with E-state index in [1.54, 1.807) is 28.4 Å². The van der Waals surface area contributed by atoms with E-state index in [2.05, 4.69) is 0 Å². The quantitative estimate of drug-likeness (QED) is 0.638. The molecule has 1 saturated heterocycles. The summed E-state index contributed by atoms with van der Waals surface area (Å²) in [6.45, 7) is 1.77. The van der Waals surface area contributed by atoms with Crippen LogP contribution in [0.25, 0.3) is 0 Å². The minimum absolute atomic E-state index is 0.00247. The van der Waals surface area contributed by atoms with Crippen LogP contribution in [0.1, 0.15) is 41.7 Å². The predicted octanol–water partition coefficient (Wildman–Crippen LogP) is 3.61. The molecule has 1 unspecified atom stereocenters. The van der Waals surface area contributed by atoms with Crippen molar-refractivity contribution >= 4 is 27.1 Å². The number of benzene rings is 1. The first-order chi connectivity index (χ1) is 14.0. The zero-order valence-corrected chi connectivity index (χ0v) is 18.1. The minimum Gasteiger partial charge on any atom is -0.376 e. The summed E-state index contributed by atoms with van der Waals surface area (Å²) in [6.07, 6.45) is 5.05. The number of hydrogen-bond acceptors (Lipinski definition) is 5. The molecule has 0 spiro atoms. The summed E-state index contributed by atoms with van der Waals surface area (Å²) in [6, 6.07) is 9.39. The maximum absolute atomic E-state index is 12.9. The van der Waals surface area contributed by atoms with Gasteiger partial charge in [-0.15, -0.1) is 11.3 Å². The molecule has 5 nitrogen and oxygen atoms in total. The lowest BCUT2D eigenvalue weighted by atomic mass is 10.1. The fraction of sp³-hybridized carbons (Fsp3) is 0.500. The second-order valence-electron chi connectivity index (χ2n) is 7.84. The molecule has 1 aromatic carbocycles. The van der Waals surface area contributed by atoms with E-state index in [-0.39, 0.29) is 24.2 Å². The van der Waals surface area contributed by atoms with Crippen LogP contribution >= 0.6 is 11.3 Å². The maximum atomic E-state index is 12.9. The smallest absolute Gasteiger partial charge is 0.224 e. The van der Waals surface area contributed by atoms with E-state index in [1.807, 2.05) is 23.6 Å². The standard InChI is InChI=1S/C22H27NO4S2/c24-22(23(15-19-6-2-11-27-19)16-20-7-3-12-28-20)10-13-29(25,26)21-9-8-17-4-1-5-18(17)14-21/h3,7-9,12,14,19H,1-2,4-6,10-11,13,15-16H2. The summed E-state index contributed by atoms with van der Waals surface area (Å²) in [5.41, 5.74) is 2.38. The fourth-order valence-corrected chi connectivity index (χ4v) is 6.11. The summed E-state index contributed by atoms with van der Waals surface area (Å²) in [5, 5.41) is 1.99. The van der Waals surface area contributed by atoms with Gasteiger partial charge in [0, 0.05) is 24.4 Å². The number of nitrogens with zero attached hydrogens (tertiary/aromatic N) is 1. The molecule has 2 heterocycles. The number of aryl methyl sites for hydroxylation is 2. The average molecular weight is 434 g/mol. The molecular formula is C22H27NO4S2. The van der Waals surface area contributed by atoms with Crippen molar-refractivity contribution in [2.75, 3.05) is 18.9 Å². The van der Waals surface area contributed by atoms with Crippen molar-refractivity contribution in [3.05, 3.63) is 51.7 Å². The second-order valence-corrected chi connectivity index (χ2v) is 11.0. The van der Waals surface area contributed by atoms with Gasteiger partial charge in [0.25, 0.3) is 0 Å². The molecule has 2 aliphatic rings. The normalized spacial score (nSPS) is 18.7. The third-order valence-electron chi connectivity index (χ3n) is 5.74. The van der Waals surface area contributed by atoms with Gasteiger partial charge in [-0.1, -0.05) is 12.1 Å². The van der Waals surface area contributed by atoms with Gasteiger partial charge in [-0.3, -0.25) is 4.79 Å². The van der Waals surface area contributed by atoms with E-state index >= 15 is 0 Å². The van der Waals surface area contributed by atoms with Gasteiger partial charge in [-0.25, -0.2) is 8.42 Å². The molecular weight excluding hydrogens is 406 g/mol. The van der Waals surface area contributed by atoms with Crippen LogP contribution in [-0.4, -0.2) is 44.2 Å². The lowest BCUT2D eigenvalue weighted by Crippen LogP contribution is -2.37. The van der Waals surface area contributed by atoms with E-state index in [9.17, 15) is 13.2 Å². The number of carbonyl (C=O) groups excluding carboxylic acids is 1. The Kier molecular flexibility index (Phi) is 6.37. The van der Waals surface area contributed by atoms with Gasteiger partial charge in [0.15, 0.2) is 9.84 Å². The molecule has 4 rings (SSSR count). The molecule has 0 bridgehead atoms. The van der Waals surface area contributed by atoms with Crippen LogP contribution < -0.4 is 0 Å². The van der Waals surface area contributed by atoms with Gasteiger partial charge in [0.1, 0.15) is 0 Å². The molecule has 1 amide bonds. The maximum Gasteiger partial charge on any atom is 0.224 e. The molecule has 1 aromatic heterocycles. The molecule has 7 heteroatoms. The van der Waals surface area contributed by atoms with Gasteiger partial charge in [-0.05, 0) is 66.8 Å². The third-order valence-corrected chi connectivity index (χ3v) is 8.32. The molecule has 1 aliphatic heterocycles. The molecule has 29 heavy (non-hydrogen) atoms. The van der Waals surface area contributed by atoms with Gasteiger partial charge in [0.05, 0.1) is 23.3 Å². The summed E-state index contributed by atoms with van der Waals surface area (Å²) in [7, 11) is -3.48. The van der Waals surface area contributed by atoms with Crippen molar-refractivity contribution in [2.45, 2.75) is 56.1 Å². The summed E-state index contributed by atoms with van der Waals surface area (Å²) < 4.78 is 31.4. The van der Waals surface area contributed by atoms with Crippen LogP contribution in [-0.2, 0) is 38.8 Å². The van der Waals surface area contributed by atoms with Crippen LogP contribution in [0.2, 0.25) is 0 Å². The first kappa shape index (κ1) is 20.6. The Morgan fingerprint density at radius 3 is 2.79 bits per heavy atom. The average Bonchev–Trinajstić information content (AvgIpc) is 3.47. The Bertz CT molecular complexity index is 947. The summed E-state index contributed by atoms with van der Waals surface area (Å²) in [4.78, 5) is 16.1. The Hall–Kier alpha value is -1.70. The minimum atomic E-state index is -3.48. The lowest BCUT2D eigenvalue weighted by molar-refractivity contribution is -0.133. The van der Waals surface area contributed by atoms with Gasteiger partial charge in [-0.2, -0.15) is 0 Å². The van der Waals surface area contributed by atoms with Crippen LogP contribution in [0.5, 0.6) is 0 Å². The largest absolute Gasteiger partial charge is 0.376 e. The van der Waals surface area contributed by atoms with Gasteiger partial charge >= 0.3 is 0 Å². The Morgan fingerprint density at radius 1 is 1.17 bits per heavy atom. The van der Waals surface area contributed by atoms with E-state index in [1.165, 1.54) is 5.56 Å². The zero-order valence-electron chi connectivity index (χ0n) is 16.5. The van der Waals surface area contributed by atoms with E-state index in [0.29, 0.717) is 18.0 Å². The Labute approximate surface area is 176 Å². The molecule has 2 aromatic rings. The molecule has 156 valence electrons. The number of sulfone groups is 1. The fourth-order valence-electron chi connectivity index (χ4n) is 4.12. The van der Waals surface area contributed by atoms with Crippen molar-refractivity contribution in [2.24, 2.45) is 0 Å². The molecule has 0 radical (unpaired) electrons. The first-order valence-electron chi connectivity index (χ1n) is 10.3. The van der Waals surface area contributed by atoms with E-state index in [4.69, 9.17) is 4.74 Å². The third kappa shape index (κ3) is 5.08. The Balaban J connectivity index is 1.42. The number of hydrogen-bond donors (Lipinski definition) is 0. The number of fused-ring (bicyclic) bond motifs is 1. The van der Waals surface area contributed by atoms with Crippen LogP contribution in [0, 0.1) is 0 Å². The molecule has 0 N–H and O–H groups in total. The highest BCUT2D eigenvalue weighted by Gasteiger charge is 2.25. The number of ether oxygens (including phenoxy) is 1. The van der Waals surface area contributed by atoms with E-state index in [0.717, 1.165) is 49.2 Å². The van der Waals surface area contributed by atoms with Gasteiger partial charge in [0.2, 0.25) is 5.91 Å². The van der Waals surface area contributed by atoms with Crippen molar-refractivity contribution in [1.29, 1.82) is 0 Å².